The van der Waals surface area contributed by atoms with E-state index in [4.69, 9.17) is 0 Å². The van der Waals surface area contributed by atoms with Crippen LogP contribution in [-0.2, 0) is 9.47 Å². The Hall–Kier alpha value is -1.34. The molecule has 0 saturated carbocycles. The second-order valence-electron chi connectivity index (χ2n) is 1.77. The molecule has 0 unspecified atom stereocenters. The van der Waals surface area contributed by atoms with Gasteiger partial charge in [0.2, 0.25) is 0 Å². The van der Waals surface area contributed by atoms with E-state index in [0.717, 1.165) is 0 Å². The van der Waals surface area contributed by atoms with E-state index >= 15 is 0 Å². The molecule has 0 fully saturated rings. The van der Waals surface area contributed by atoms with Crippen molar-refractivity contribution >= 4 is 0 Å². The molecule has 2 nitrogen and oxygen atoms in total. The van der Waals surface area contributed by atoms with Crippen LogP contribution in [0.5, 0.6) is 0 Å². The lowest BCUT2D eigenvalue weighted by molar-refractivity contribution is 0.0470. The van der Waals surface area contributed by atoms with Gasteiger partial charge >= 0.3 is 24.2 Å². The average Bonchev–Trinajstić information content (AvgIpc) is 2.11. The van der Waals surface area contributed by atoms with E-state index in [0.29, 0.717) is 0 Å². The maximum absolute atomic E-state index is 11.8. The third kappa shape index (κ3) is 5.33. The van der Waals surface area contributed by atoms with Crippen LogP contribution in [0.15, 0.2) is 24.2 Å². The number of hydrogen-bond donors (Lipinski definition) is 0. The van der Waals surface area contributed by atoms with Crippen LogP contribution in [0.3, 0.4) is 0 Å². The van der Waals surface area contributed by atoms with Crippen LogP contribution < -0.4 is 0 Å². The van der Waals surface area contributed by atoms with Crippen molar-refractivity contribution in [2.75, 3.05) is 13.2 Å². The predicted octanol–water partition coefficient (Wildman–Crippen LogP) is 3.09. The Labute approximate surface area is 74.4 Å². The largest absolute Gasteiger partial charge is 0.463 e. The molecule has 0 heterocycles. The molecule has 0 aliphatic carbocycles. The van der Waals surface area contributed by atoms with Gasteiger partial charge in [0, 0.05) is 0 Å². The lowest BCUT2D eigenvalue weighted by atomic mass is 10.7. The zero-order chi connectivity index (χ0) is 11.1. The van der Waals surface area contributed by atoms with Gasteiger partial charge in [-0.25, -0.2) is 0 Å². The fourth-order valence-corrected chi connectivity index (χ4v) is 0.372. The lowest BCUT2D eigenvalue weighted by Crippen LogP contribution is -2.02. The second kappa shape index (κ2) is 6.17. The molecule has 0 rings (SSSR count). The summed E-state index contributed by atoms with van der Waals surface area (Å²) in [6, 6.07) is -4.31. The third-order valence-electron chi connectivity index (χ3n) is 0.838. The van der Waals surface area contributed by atoms with Gasteiger partial charge in [-0.15, -0.1) is 0 Å². The van der Waals surface area contributed by atoms with Crippen LogP contribution in [0.4, 0.5) is 26.3 Å². The van der Waals surface area contributed by atoms with Crippen molar-refractivity contribution in [2.45, 2.75) is 0 Å². The highest BCUT2D eigenvalue weighted by Gasteiger charge is 2.08. The monoisotopic (exact) mass is 222 g/mol. The minimum Gasteiger partial charge on any atom is -0.463 e. The Morgan fingerprint density at radius 3 is 1.14 bits per heavy atom. The molecule has 82 valence electrons. The fraction of sp³-hybridized carbons (Fsp3) is 0.333. The van der Waals surface area contributed by atoms with Crippen LogP contribution in [0.2, 0.25) is 0 Å². The van der Waals surface area contributed by atoms with Gasteiger partial charge in [0.05, 0.1) is 0 Å². The van der Waals surface area contributed by atoms with Gasteiger partial charge < -0.3 is 9.47 Å². The van der Waals surface area contributed by atoms with Gasteiger partial charge in [0.1, 0.15) is 13.2 Å². The fourth-order valence-electron chi connectivity index (χ4n) is 0.372. The third-order valence-corrected chi connectivity index (χ3v) is 0.838. The summed E-state index contributed by atoms with van der Waals surface area (Å²) in [7, 11) is 0. The molecule has 0 N–H and O–H groups in total. The molecule has 0 spiro atoms. The van der Waals surface area contributed by atoms with Crippen LogP contribution in [0, 0.1) is 0 Å². The normalized spacial score (nSPS) is 9.29. The van der Waals surface area contributed by atoms with Crippen molar-refractivity contribution in [1.82, 2.24) is 0 Å². The quantitative estimate of drug-likeness (QED) is 0.404. The molecule has 0 amide bonds. The Balaban J connectivity index is 3.69. The van der Waals surface area contributed by atoms with Gasteiger partial charge in [-0.1, -0.05) is 0 Å². The Morgan fingerprint density at radius 1 is 0.643 bits per heavy atom. The summed E-state index contributed by atoms with van der Waals surface area (Å²) in [5.41, 5.74) is 0. The van der Waals surface area contributed by atoms with E-state index in [-0.39, 0.29) is 0 Å². The molecule has 14 heavy (non-hydrogen) atoms. The summed E-state index contributed by atoms with van der Waals surface area (Å²) in [6.07, 6.45) is -5.39. The van der Waals surface area contributed by atoms with Crippen LogP contribution >= 0.6 is 0 Å². The molecule has 0 radical (unpaired) electrons. The molecule has 0 aliphatic rings. The minimum atomic E-state index is -2.70. The molecule has 0 aromatic heterocycles. The van der Waals surface area contributed by atoms with Crippen molar-refractivity contribution < 1.29 is 35.8 Å². The number of halogens is 6. The molecule has 0 aliphatic heterocycles. The van der Waals surface area contributed by atoms with Crippen molar-refractivity contribution in [3.8, 4) is 0 Å². The SMILES string of the molecule is FC(F)=C(F)OCCOC(F)=C(F)F. The maximum Gasteiger partial charge on any atom is 0.342 e. The van der Waals surface area contributed by atoms with Gasteiger partial charge in [-0.2, -0.15) is 26.3 Å². The second-order valence-corrected chi connectivity index (χ2v) is 1.77. The summed E-state index contributed by atoms with van der Waals surface area (Å²) in [6.45, 7) is -1.63. The summed E-state index contributed by atoms with van der Waals surface area (Å²) in [4.78, 5) is 0. The van der Waals surface area contributed by atoms with Crippen molar-refractivity contribution in [3.05, 3.63) is 24.2 Å². The van der Waals surface area contributed by atoms with Gasteiger partial charge in [0.25, 0.3) is 0 Å². The highest BCUT2D eigenvalue weighted by atomic mass is 19.3. The summed E-state index contributed by atoms with van der Waals surface area (Å²) in [5, 5.41) is 0. The lowest BCUT2D eigenvalue weighted by Gasteiger charge is -2.02. The molecular weight excluding hydrogens is 218 g/mol. The predicted molar refractivity (Wildman–Crippen MR) is 32.6 cm³/mol. The van der Waals surface area contributed by atoms with Crippen molar-refractivity contribution in [3.63, 3.8) is 0 Å². The minimum absolute atomic E-state index is 0.816. The molecular formula is C6H4F6O2. The van der Waals surface area contributed by atoms with Crippen molar-refractivity contribution in [1.29, 1.82) is 0 Å². The zero-order valence-corrected chi connectivity index (χ0v) is 6.50. The Morgan fingerprint density at radius 2 is 0.929 bits per heavy atom. The highest BCUT2D eigenvalue weighted by Crippen LogP contribution is 2.12. The van der Waals surface area contributed by atoms with Crippen LogP contribution in [0.25, 0.3) is 0 Å². The number of hydrogen-bond acceptors (Lipinski definition) is 2. The summed E-state index contributed by atoms with van der Waals surface area (Å²) < 4.78 is 76.0. The van der Waals surface area contributed by atoms with E-state index in [1.807, 2.05) is 0 Å². The van der Waals surface area contributed by atoms with E-state index in [2.05, 4.69) is 9.47 Å². The first-order valence-corrected chi connectivity index (χ1v) is 3.12. The Kier molecular flexibility index (Phi) is 5.58. The standard InChI is InChI=1S/C6H4F6O2/c7-3(8)5(11)13-1-2-14-6(12)4(9)10/h1-2H2. The van der Waals surface area contributed by atoms with Gasteiger partial charge in [-0.05, 0) is 0 Å². The Bertz CT molecular complexity index is 215. The van der Waals surface area contributed by atoms with E-state index < -0.39 is 37.4 Å². The van der Waals surface area contributed by atoms with E-state index in [1.165, 1.54) is 0 Å². The van der Waals surface area contributed by atoms with Gasteiger partial charge in [-0.3, -0.25) is 0 Å². The molecule has 0 aromatic carbocycles. The first kappa shape index (κ1) is 12.7. The molecule has 0 atom stereocenters. The van der Waals surface area contributed by atoms with Gasteiger partial charge in [0.15, 0.2) is 0 Å². The molecule has 8 heteroatoms. The van der Waals surface area contributed by atoms with E-state index in [1.54, 1.807) is 0 Å². The molecule has 0 aromatic rings. The smallest absolute Gasteiger partial charge is 0.342 e. The van der Waals surface area contributed by atoms with Crippen LogP contribution in [0.1, 0.15) is 0 Å². The number of rotatable bonds is 5. The number of ether oxygens (including phenoxy) is 2. The first-order valence-electron chi connectivity index (χ1n) is 3.12. The summed E-state index contributed by atoms with van der Waals surface area (Å²) in [5.74, 6) is 0. The summed E-state index contributed by atoms with van der Waals surface area (Å²) >= 11 is 0. The highest BCUT2D eigenvalue weighted by molar-refractivity contribution is 4.81. The van der Waals surface area contributed by atoms with E-state index in [9.17, 15) is 26.3 Å². The van der Waals surface area contributed by atoms with Crippen molar-refractivity contribution in [2.24, 2.45) is 0 Å². The maximum atomic E-state index is 11.8. The van der Waals surface area contributed by atoms with Crippen LogP contribution in [-0.4, -0.2) is 13.2 Å². The molecule has 0 bridgehead atoms. The first-order chi connectivity index (χ1) is 6.45. The topological polar surface area (TPSA) is 18.5 Å². The molecule has 0 saturated heterocycles. The average molecular weight is 222 g/mol. The zero-order valence-electron chi connectivity index (χ0n) is 6.50.